The van der Waals surface area contributed by atoms with Crippen molar-refractivity contribution in [2.24, 2.45) is 11.1 Å². The number of benzene rings is 1. The largest absolute Gasteiger partial charge is 0.482 e. The van der Waals surface area contributed by atoms with Gasteiger partial charge in [0.15, 0.2) is 6.61 Å². The molecule has 2 heterocycles. The zero-order chi connectivity index (χ0) is 18.2. The fourth-order valence-corrected chi connectivity index (χ4v) is 4.17. The molecule has 0 aliphatic carbocycles. The maximum absolute atomic E-state index is 12.6. The number of likely N-dealkylation sites (tertiary alicyclic amines) is 1. The van der Waals surface area contributed by atoms with Crippen molar-refractivity contribution in [3.05, 3.63) is 23.8 Å². The van der Waals surface area contributed by atoms with E-state index in [9.17, 15) is 18.0 Å². The number of rotatable bonds is 4. The highest BCUT2D eigenvalue weighted by Gasteiger charge is 2.32. The van der Waals surface area contributed by atoms with Crippen LogP contribution in [0.4, 0.5) is 5.69 Å². The van der Waals surface area contributed by atoms with Gasteiger partial charge < -0.3 is 9.64 Å². The number of nitrogens with zero attached hydrogens (tertiary/aromatic N) is 2. The molecule has 2 aliphatic rings. The standard InChI is InChI=1S/C16H21N3O5S/c1-11-2-3-14-13(6-11)19(16(21)9-24-14)8-15(20)18-5-4-12(7-18)10-25(17,22)23/h2-3,6,12H,4-5,7-10H2,1H3,(H2,17,22,23)/t12-/m1/s1. The van der Waals surface area contributed by atoms with Crippen LogP contribution in [0.2, 0.25) is 0 Å². The van der Waals surface area contributed by atoms with Gasteiger partial charge in [0, 0.05) is 13.1 Å². The molecule has 1 aromatic rings. The molecule has 0 radical (unpaired) electrons. The number of hydrogen-bond donors (Lipinski definition) is 1. The molecule has 1 aromatic carbocycles. The van der Waals surface area contributed by atoms with Crippen molar-refractivity contribution in [3.8, 4) is 5.75 Å². The summed E-state index contributed by atoms with van der Waals surface area (Å²) in [4.78, 5) is 27.8. The van der Waals surface area contributed by atoms with E-state index in [2.05, 4.69) is 0 Å². The minimum atomic E-state index is -3.56. The van der Waals surface area contributed by atoms with Gasteiger partial charge in [0.25, 0.3) is 5.91 Å². The van der Waals surface area contributed by atoms with Crippen LogP contribution in [-0.2, 0) is 19.6 Å². The molecular formula is C16H21N3O5S. The van der Waals surface area contributed by atoms with Gasteiger partial charge in [-0.25, -0.2) is 13.6 Å². The van der Waals surface area contributed by atoms with E-state index in [0.717, 1.165) is 5.56 Å². The first-order chi connectivity index (χ1) is 11.7. The minimum Gasteiger partial charge on any atom is -0.482 e. The molecule has 0 spiro atoms. The number of carbonyl (C=O) groups is 2. The molecule has 0 saturated carbocycles. The van der Waals surface area contributed by atoms with Gasteiger partial charge in [0.05, 0.1) is 11.4 Å². The van der Waals surface area contributed by atoms with Crippen molar-refractivity contribution in [2.75, 3.05) is 36.9 Å². The smallest absolute Gasteiger partial charge is 0.265 e. The Bertz CT molecular complexity index is 808. The van der Waals surface area contributed by atoms with Gasteiger partial charge in [-0.05, 0) is 37.0 Å². The third-order valence-electron chi connectivity index (χ3n) is 4.46. The van der Waals surface area contributed by atoms with Crippen LogP contribution in [0.3, 0.4) is 0 Å². The minimum absolute atomic E-state index is 0.0826. The number of carbonyl (C=O) groups excluding carboxylic acids is 2. The first-order valence-corrected chi connectivity index (χ1v) is 9.76. The lowest BCUT2D eigenvalue weighted by Gasteiger charge is -2.30. The Morgan fingerprint density at radius 1 is 1.40 bits per heavy atom. The van der Waals surface area contributed by atoms with Crippen molar-refractivity contribution in [3.63, 3.8) is 0 Å². The van der Waals surface area contributed by atoms with E-state index < -0.39 is 10.0 Å². The maximum Gasteiger partial charge on any atom is 0.265 e. The second kappa shape index (κ2) is 6.64. The van der Waals surface area contributed by atoms with Crippen LogP contribution in [0.15, 0.2) is 18.2 Å². The normalized spacial score (nSPS) is 20.4. The van der Waals surface area contributed by atoms with Crippen molar-refractivity contribution in [1.29, 1.82) is 0 Å². The maximum atomic E-state index is 12.6. The third kappa shape index (κ3) is 4.10. The first-order valence-electron chi connectivity index (χ1n) is 8.05. The monoisotopic (exact) mass is 367 g/mol. The summed E-state index contributed by atoms with van der Waals surface area (Å²) in [6, 6.07) is 5.48. The van der Waals surface area contributed by atoms with Gasteiger partial charge in [0.1, 0.15) is 12.3 Å². The molecule has 0 aromatic heterocycles. The molecule has 2 aliphatic heterocycles. The Morgan fingerprint density at radius 3 is 2.88 bits per heavy atom. The second-order valence-corrected chi connectivity index (χ2v) is 8.22. The summed E-state index contributed by atoms with van der Waals surface area (Å²) in [7, 11) is -3.56. The predicted molar refractivity (Wildman–Crippen MR) is 91.7 cm³/mol. The number of ether oxygens (including phenoxy) is 1. The molecule has 2 N–H and O–H groups in total. The molecule has 2 amide bonds. The number of aryl methyl sites for hydroxylation is 1. The Kier molecular flexibility index (Phi) is 4.70. The number of primary sulfonamides is 1. The molecule has 3 rings (SSSR count). The zero-order valence-corrected chi connectivity index (χ0v) is 14.8. The lowest BCUT2D eigenvalue weighted by Crippen LogP contribution is -2.46. The molecule has 25 heavy (non-hydrogen) atoms. The van der Waals surface area contributed by atoms with Gasteiger partial charge >= 0.3 is 0 Å². The van der Waals surface area contributed by atoms with E-state index in [1.165, 1.54) is 4.90 Å². The number of amides is 2. The Hall–Kier alpha value is -2.13. The van der Waals surface area contributed by atoms with Gasteiger partial charge in [-0.1, -0.05) is 6.07 Å². The average molecular weight is 367 g/mol. The van der Waals surface area contributed by atoms with E-state index in [1.54, 1.807) is 11.0 Å². The fourth-order valence-electron chi connectivity index (χ4n) is 3.24. The molecule has 0 unspecified atom stereocenters. The lowest BCUT2D eigenvalue weighted by molar-refractivity contribution is -0.131. The predicted octanol–water partition coefficient (Wildman–Crippen LogP) is -0.143. The van der Waals surface area contributed by atoms with Gasteiger partial charge in [0.2, 0.25) is 15.9 Å². The summed E-state index contributed by atoms with van der Waals surface area (Å²) >= 11 is 0. The molecule has 1 fully saturated rings. The summed E-state index contributed by atoms with van der Waals surface area (Å²) in [5, 5.41) is 5.07. The first kappa shape index (κ1) is 17.7. The van der Waals surface area contributed by atoms with Crippen LogP contribution >= 0.6 is 0 Å². The summed E-state index contributed by atoms with van der Waals surface area (Å²) in [6.07, 6.45) is 0.592. The number of hydrogen-bond acceptors (Lipinski definition) is 5. The summed E-state index contributed by atoms with van der Waals surface area (Å²) in [5.41, 5.74) is 1.55. The van der Waals surface area contributed by atoms with Crippen LogP contribution in [-0.4, -0.2) is 57.1 Å². The highest BCUT2D eigenvalue weighted by Crippen LogP contribution is 2.33. The van der Waals surface area contributed by atoms with Crippen molar-refractivity contribution >= 4 is 27.5 Å². The quantitative estimate of drug-likeness (QED) is 0.796. The average Bonchev–Trinajstić information content (AvgIpc) is 2.96. The summed E-state index contributed by atoms with van der Waals surface area (Å²) < 4.78 is 27.8. The molecule has 136 valence electrons. The van der Waals surface area contributed by atoms with Crippen LogP contribution in [0.5, 0.6) is 5.75 Å². The van der Waals surface area contributed by atoms with Crippen molar-refractivity contribution in [2.45, 2.75) is 13.3 Å². The molecule has 8 nitrogen and oxygen atoms in total. The van der Waals surface area contributed by atoms with Crippen LogP contribution < -0.4 is 14.8 Å². The van der Waals surface area contributed by atoms with Gasteiger partial charge in [-0.3, -0.25) is 14.5 Å². The SMILES string of the molecule is Cc1ccc2c(c1)N(CC(=O)N1CC[C@@H](CS(N)(=O)=O)C1)C(=O)CO2. The highest BCUT2D eigenvalue weighted by molar-refractivity contribution is 7.89. The molecule has 1 saturated heterocycles. The van der Waals surface area contributed by atoms with E-state index >= 15 is 0 Å². The highest BCUT2D eigenvalue weighted by atomic mass is 32.2. The van der Waals surface area contributed by atoms with E-state index in [1.807, 2.05) is 19.1 Å². The molecular weight excluding hydrogens is 346 g/mol. The van der Waals surface area contributed by atoms with Gasteiger partial charge in [-0.2, -0.15) is 0 Å². The topological polar surface area (TPSA) is 110 Å². The zero-order valence-electron chi connectivity index (χ0n) is 14.0. The van der Waals surface area contributed by atoms with Crippen molar-refractivity contribution in [1.82, 2.24) is 4.90 Å². The Morgan fingerprint density at radius 2 is 2.16 bits per heavy atom. The molecule has 1 atom stereocenters. The third-order valence-corrected chi connectivity index (χ3v) is 5.39. The Labute approximate surface area is 146 Å². The number of fused-ring (bicyclic) bond motifs is 1. The fraction of sp³-hybridized carbons (Fsp3) is 0.500. The van der Waals surface area contributed by atoms with Crippen LogP contribution in [0.25, 0.3) is 0 Å². The van der Waals surface area contributed by atoms with E-state index in [0.29, 0.717) is 30.9 Å². The van der Waals surface area contributed by atoms with E-state index in [-0.39, 0.29) is 36.6 Å². The molecule has 9 heteroatoms. The number of sulfonamides is 1. The summed E-state index contributed by atoms with van der Waals surface area (Å²) in [6.45, 7) is 2.53. The summed E-state index contributed by atoms with van der Waals surface area (Å²) in [5.74, 6) is -0.193. The Balaban J connectivity index is 1.69. The molecule has 0 bridgehead atoms. The number of anilines is 1. The number of nitrogens with two attached hydrogens (primary N) is 1. The van der Waals surface area contributed by atoms with Crippen LogP contribution in [0, 0.1) is 12.8 Å². The van der Waals surface area contributed by atoms with E-state index in [4.69, 9.17) is 9.88 Å². The lowest BCUT2D eigenvalue weighted by atomic mass is 10.1. The van der Waals surface area contributed by atoms with Crippen LogP contribution in [0.1, 0.15) is 12.0 Å². The van der Waals surface area contributed by atoms with Gasteiger partial charge in [-0.15, -0.1) is 0 Å². The van der Waals surface area contributed by atoms with Crippen molar-refractivity contribution < 1.29 is 22.7 Å². The second-order valence-electron chi connectivity index (χ2n) is 6.56.